The normalized spacial score (nSPS) is 13.3. The van der Waals surface area contributed by atoms with Crippen LogP contribution in [0.5, 0.6) is 0 Å². The van der Waals surface area contributed by atoms with Crippen LogP contribution in [0.4, 0.5) is 26.3 Å². The number of alkyl halides is 3. The first-order chi connectivity index (χ1) is 9.70. The molecule has 2 aromatic carbocycles. The molecule has 0 heterocycles. The molecule has 21 heavy (non-hydrogen) atoms. The van der Waals surface area contributed by atoms with Gasteiger partial charge in [-0.2, -0.15) is 13.2 Å². The van der Waals surface area contributed by atoms with E-state index in [1.54, 1.807) is 0 Å². The molecule has 0 radical (unpaired) electrons. The molecular weight excluding hydrogens is 298 g/mol. The fourth-order valence-corrected chi connectivity index (χ4v) is 1.79. The molecule has 7 heteroatoms. The first-order valence-corrected chi connectivity index (χ1v) is 5.70. The smallest absolute Gasteiger partial charge is 0.384 e. The molecule has 0 aliphatic carbocycles. The van der Waals surface area contributed by atoms with Gasteiger partial charge in [0, 0.05) is 5.56 Å². The highest BCUT2D eigenvalue weighted by Crippen LogP contribution is 2.33. The van der Waals surface area contributed by atoms with Gasteiger partial charge in [0.05, 0.1) is 5.56 Å². The molecule has 0 spiro atoms. The van der Waals surface area contributed by atoms with Crippen LogP contribution in [0.25, 0.3) is 0 Å². The van der Waals surface area contributed by atoms with Crippen molar-refractivity contribution >= 4 is 0 Å². The Kier molecular flexibility index (Phi) is 3.95. The number of rotatable bonds is 2. The minimum atomic E-state index is -4.71. The van der Waals surface area contributed by atoms with E-state index in [1.165, 1.54) is 0 Å². The Morgan fingerprint density at radius 3 is 2.00 bits per heavy atom. The van der Waals surface area contributed by atoms with Crippen molar-refractivity contribution in [1.82, 2.24) is 0 Å². The Morgan fingerprint density at radius 1 is 0.810 bits per heavy atom. The van der Waals surface area contributed by atoms with Crippen LogP contribution < -0.4 is 0 Å². The molecule has 112 valence electrons. The molecule has 0 bridgehead atoms. The van der Waals surface area contributed by atoms with E-state index in [2.05, 4.69) is 0 Å². The van der Waals surface area contributed by atoms with E-state index >= 15 is 0 Å². The molecule has 2 rings (SSSR count). The average Bonchev–Trinajstić information content (AvgIpc) is 2.40. The summed E-state index contributed by atoms with van der Waals surface area (Å²) in [7, 11) is 0. The Labute approximate surface area is 115 Å². The van der Waals surface area contributed by atoms with Crippen LogP contribution in [0.1, 0.15) is 22.8 Å². The van der Waals surface area contributed by atoms with Gasteiger partial charge in [0.1, 0.15) is 11.9 Å². The lowest BCUT2D eigenvalue weighted by atomic mass is 9.99. The monoisotopic (exact) mass is 306 g/mol. The van der Waals surface area contributed by atoms with Gasteiger partial charge in [0.25, 0.3) is 0 Å². The molecule has 1 N–H and O–H groups in total. The molecule has 1 nitrogen and oxygen atoms in total. The molecule has 0 aromatic heterocycles. The third kappa shape index (κ3) is 3.18. The Balaban J connectivity index is 2.47. The van der Waals surface area contributed by atoms with Crippen LogP contribution in [0.2, 0.25) is 0 Å². The van der Waals surface area contributed by atoms with Gasteiger partial charge in [0.15, 0.2) is 11.6 Å². The summed E-state index contributed by atoms with van der Waals surface area (Å²) in [6, 6.07) is 3.77. The van der Waals surface area contributed by atoms with Crippen molar-refractivity contribution in [3.8, 4) is 0 Å². The van der Waals surface area contributed by atoms with Crippen LogP contribution in [-0.4, -0.2) is 5.11 Å². The van der Waals surface area contributed by atoms with E-state index in [0.717, 1.165) is 6.07 Å². The van der Waals surface area contributed by atoms with Crippen molar-refractivity contribution in [3.63, 3.8) is 0 Å². The standard InChI is InChI=1S/C14H8F6O/c15-10-4-2-8(14(18,19)20)6-9(10)13(21)7-1-3-11(16)12(17)5-7/h1-6,13,21H. The SMILES string of the molecule is OC(c1ccc(F)c(F)c1)c1cc(C(F)(F)F)ccc1F. The van der Waals surface area contributed by atoms with Gasteiger partial charge in [-0.3, -0.25) is 0 Å². The van der Waals surface area contributed by atoms with Gasteiger partial charge >= 0.3 is 6.18 Å². The van der Waals surface area contributed by atoms with E-state index in [-0.39, 0.29) is 5.56 Å². The third-order valence-corrected chi connectivity index (χ3v) is 2.88. The van der Waals surface area contributed by atoms with Crippen molar-refractivity contribution in [2.75, 3.05) is 0 Å². The van der Waals surface area contributed by atoms with Crippen LogP contribution in [0.15, 0.2) is 36.4 Å². The number of benzene rings is 2. The maximum Gasteiger partial charge on any atom is 0.416 e. The Hall–Kier alpha value is -2.02. The summed E-state index contributed by atoms with van der Waals surface area (Å²) < 4.78 is 77.1. The lowest BCUT2D eigenvalue weighted by Crippen LogP contribution is -2.09. The maximum absolute atomic E-state index is 13.6. The molecule has 1 unspecified atom stereocenters. The number of halogens is 6. The molecule has 0 aliphatic heterocycles. The average molecular weight is 306 g/mol. The molecular formula is C14H8F6O. The second kappa shape index (κ2) is 5.40. The third-order valence-electron chi connectivity index (χ3n) is 2.88. The van der Waals surface area contributed by atoms with E-state index in [4.69, 9.17) is 0 Å². The van der Waals surface area contributed by atoms with Gasteiger partial charge in [-0.05, 0) is 35.9 Å². The molecule has 0 saturated heterocycles. The van der Waals surface area contributed by atoms with E-state index in [9.17, 15) is 31.4 Å². The lowest BCUT2D eigenvalue weighted by Gasteiger charge is -2.15. The summed E-state index contributed by atoms with van der Waals surface area (Å²) in [5.74, 6) is -3.56. The molecule has 2 aromatic rings. The lowest BCUT2D eigenvalue weighted by molar-refractivity contribution is -0.137. The van der Waals surface area contributed by atoms with Crippen LogP contribution >= 0.6 is 0 Å². The highest BCUT2D eigenvalue weighted by atomic mass is 19.4. The maximum atomic E-state index is 13.6. The molecule has 0 amide bonds. The Morgan fingerprint density at radius 2 is 1.43 bits per heavy atom. The van der Waals surface area contributed by atoms with Crippen molar-refractivity contribution in [2.45, 2.75) is 12.3 Å². The topological polar surface area (TPSA) is 20.2 Å². The Bertz CT molecular complexity index is 665. The second-order valence-electron chi connectivity index (χ2n) is 4.31. The summed E-state index contributed by atoms with van der Waals surface area (Å²) in [6.07, 6.45) is -6.56. The minimum Gasteiger partial charge on any atom is -0.384 e. The summed E-state index contributed by atoms with van der Waals surface area (Å²) in [5.41, 5.74) is -2.08. The molecule has 1 atom stereocenters. The van der Waals surface area contributed by atoms with Crippen molar-refractivity contribution < 1.29 is 31.4 Å². The second-order valence-corrected chi connectivity index (χ2v) is 4.31. The highest BCUT2D eigenvalue weighted by molar-refractivity contribution is 5.35. The molecule has 0 aliphatic rings. The fraction of sp³-hybridized carbons (Fsp3) is 0.143. The predicted octanol–water partition coefficient (Wildman–Crippen LogP) is 4.20. The van der Waals surface area contributed by atoms with Crippen molar-refractivity contribution in [1.29, 1.82) is 0 Å². The fourth-order valence-electron chi connectivity index (χ4n) is 1.79. The summed E-state index contributed by atoms with van der Waals surface area (Å²) in [6.45, 7) is 0. The largest absolute Gasteiger partial charge is 0.416 e. The van der Waals surface area contributed by atoms with Crippen molar-refractivity contribution in [3.05, 3.63) is 70.5 Å². The quantitative estimate of drug-likeness (QED) is 0.824. The van der Waals surface area contributed by atoms with Crippen LogP contribution in [0, 0.1) is 17.5 Å². The zero-order chi connectivity index (χ0) is 15.8. The first kappa shape index (κ1) is 15.4. The number of aliphatic hydroxyl groups excluding tert-OH is 1. The van der Waals surface area contributed by atoms with Gasteiger partial charge in [-0.1, -0.05) is 6.07 Å². The van der Waals surface area contributed by atoms with E-state index < -0.39 is 40.9 Å². The number of hydrogen-bond donors (Lipinski definition) is 1. The summed E-state index contributed by atoms with van der Waals surface area (Å²) in [4.78, 5) is 0. The summed E-state index contributed by atoms with van der Waals surface area (Å²) in [5, 5.41) is 9.88. The predicted molar refractivity (Wildman–Crippen MR) is 61.8 cm³/mol. The zero-order valence-electron chi connectivity index (χ0n) is 10.3. The zero-order valence-corrected chi connectivity index (χ0v) is 10.3. The van der Waals surface area contributed by atoms with Gasteiger partial charge < -0.3 is 5.11 Å². The number of hydrogen-bond acceptors (Lipinski definition) is 1. The van der Waals surface area contributed by atoms with Crippen molar-refractivity contribution in [2.24, 2.45) is 0 Å². The van der Waals surface area contributed by atoms with E-state index in [0.29, 0.717) is 30.3 Å². The summed E-state index contributed by atoms with van der Waals surface area (Å²) >= 11 is 0. The minimum absolute atomic E-state index is 0.257. The van der Waals surface area contributed by atoms with Crippen LogP contribution in [-0.2, 0) is 6.18 Å². The van der Waals surface area contributed by atoms with Gasteiger partial charge in [-0.25, -0.2) is 13.2 Å². The number of aliphatic hydroxyl groups is 1. The van der Waals surface area contributed by atoms with E-state index in [1.807, 2.05) is 0 Å². The van der Waals surface area contributed by atoms with Crippen LogP contribution in [0.3, 0.4) is 0 Å². The highest BCUT2D eigenvalue weighted by Gasteiger charge is 2.32. The van der Waals surface area contributed by atoms with Gasteiger partial charge in [-0.15, -0.1) is 0 Å². The van der Waals surface area contributed by atoms with Gasteiger partial charge in [0.2, 0.25) is 0 Å². The molecule has 0 fully saturated rings. The first-order valence-electron chi connectivity index (χ1n) is 5.70. The molecule has 0 saturated carbocycles.